The Balaban J connectivity index is 0.00000900. The van der Waals surface area contributed by atoms with Crippen molar-refractivity contribution in [2.75, 3.05) is 5.73 Å². The average molecular weight is 473 g/mol. The number of unbranched alkanes of at least 4 members (excludes halogenated alkanes) is 14. The third kappa shape index (κ3) is 15.3. The molecule has 0 fully saturated rings. The molecule has 0 heterocycles. The fraction of sp³-hybridized carbons (Fsp3) is 0.708. The molecule has 0 aliphatic heterocycles. The number of nitrogen functional groups attached to an aromatic ring is 1. The van der Waals surface area contributed by atoms with Gasteiger partial charge in [-0.25, -0.2) is 13.1 Å². The molecule has 0 saturated heterocycles. The van der Waals surface area contributed by atoms with E-state index in [0.29, 0.717) is 5.69 Å². The molecule has 31 heavy (non-hydrogen) atoms. The lowest BCUT2D eigenvalue weighted by Gasteiger charge is -2.07. The van der Waals surface area contributed by atoms with Crippen LogP contribution in [-0.4, -0.2) is 14.3 Å². The van der Waals surface area contributed by atoms with Crippen molar-refractivity contribution < 1.29 is 13.2 Å². The first kappa shape index (κ1) is 29.9. The summed E-state index contributed by atoms with van der Waals surface area (Å²) in [7, 11) is -3.80. The van der Waals surface area contributed by atoms with Crippen LogP contribution in [0.3, 0.4) is 0 Å². The molecule has 3 N–H and O–H groups in total. The van der Waals surface area contributed by atoms with E-state index in [1.165, 1.54) is 101 Å². The Morgan fingerprint density at radius 3 is 1.55 bits per heavy atom. The van der Waals surface area contributed by atoms with Crippen molar-refractivity contribution in [1.29, 1.82) is 0 Å². The van der Waals surface area contributed by atoms with Crippen LogP contribution in [0.5, 0.6) is 0 Å². The molecule has 5 nitrogen and oxygen atoms in total. The van der Waals surface area contributed by atoms with E-state index >= 15 is 0 Å². The number of amides is 1. The molecular formula is C24H45N2O3PS. The standard InChI is InChI=1S/C24H42N2O3S.H3P/c1-2-3-4-5-6-7-8-9-10-11-12-13-14-15-16-17-24(27)26-30(28,29)23-20-18-22(25)19-21-23;/h18-21H,2-17,25H2,1H3,(H,26,27);1H3. The summed E-state index contributed by atoms with van der Waals surface area (Å²) in [6.45, 7) is 2.26. The molecule has 1 unspecified atom stereocenters. The summed E-state index contributed by atoms with van der Waals surface area (Å²) in [6, 6.07) is 5.82. The molecule has 1 rings (SSSR count). The van der Waals surface area contributed by atoms with Gasteiger partial charge in [-0.05, 0) is 30.7 Å². The molecule has 1 aromatic carbocycles. The highest BCUT2D eigenvalue weighted by atomic mass is 32.2. The van der Waals surface area contributed by atoms with Crippen LogP contribution in [0.1, 0.15) is 110 Å². The third-order valence-electron chi connectivity index (χ3n) is 5.45. The molecule has 0 saturated carbocycles. The minimum absolute atomic E-state index is 0. The zero-order valence-electron chi connectivity index (χ0n) is 19.5. The minimum Gasteiger partial charge on any atom is -0.399 e. The fourth-order valence-electron chi connectivity index (χ4n) is 3.56. The van der Waals surface area contributed by atoms with Gasteiger partial charge in [0.2, 0.25) is 5.91 Å². The van der Waals surface area contributed by atoms with E-state index in [2.05, 4.69) is 11.6 Å². The summed E-state index contributed by atoms with van der Waals surface area (Å²) >= 11 is 0. The lowest BCUT2D eigenvalue weighted by atomic mass is 10.0. The average Bonchev–Trinajstić information content (AvgIpc) is 2.71. The van der Waals surface area contributed by atoms with Crippen molar-refractivity contribution in [1.82, 2.24) is 4.72 Å². The Morgan fingerprint density at radius 1 is 0.742 bits per heavy atom. The van der Waals surface area contributed by atoms with E-state index in [4.69, 9.17) is 5.73 Å². The molecule has 0 aromatic heterocycles. The predicted molar refractivity (Wildman–Crippen MR) is 137 cm³/mol. The fourth-order valence-corrected chi connectivity index (χ4v) is 4.58. The van der Waals surface area contributed by atoms with Crippen molar-refractivity contribution in [3.05, 3.63) is 24.3 Å². The van der Waals surface area contributed by atoms with Crippen LogP contribution in [0.15, 0.2) is 29.2 Å². The highest BCUT2D eigenvalue weighted by Gasteiger charge is 2.16. The van der Waals surface area contributed by atoms with Crippen molar-refractivity contribution in [3.8, 4) is 0 Å². The number of anilines is 1. The maximum absolute atomic E-state index is 12.1. The van der Waals surface area contributed by atoms with Crippen LogP contribution in [0.25, 0.3) is 0 Å². The van der Waals surface area contributed by atoms with Gasteiger partial charge in [-0.1, -0.05) is 96.8 Å². The van der Waals surface area contributed by atoms with Crippen LogP contribution >= 0.6 is 9.90 Å². The lowest BCUT2D eigenvalue weighted by molar-refractivity contribution is -0.119. The predicted octanol–water partition coefficient (Wildman–Crippen LogP) is 6.39. The van der Waals surface area contributed by atoms with Gasteiger partial charge in [0.25, 0.3) is 10.0 Å². The Bertz CT molecular complexity index is 679. The van der Waals surface area contributed by atoms with Crippen LogP contribution in [0, 0.1) is 0 Å². The van der Waals surface area contributed by atoms with Gasteiger partial charge < -0.3 is 5.73 Å². The van der Waals surface area contributed by atoms with Crippen LogP contribution in [0.4, 0.5) is 5.69 Å². The van der Waals surface area contributed by atoms with Gasteiger partial charge in [-0.2, -0.15) is 9.90 Å². The summed E-state index contributed by atoms with van der Waals surface area (Å²) in [4.78, 5) is 12.0. The summed E-state index contributed by atoms with van der Waals surface area (Å²) < 4.78 is 26.4. The summed E-state index contributed by atoms with van der Waals surface area (Å²) in [6.07, 6.45) is 19.2. The first-order valence-electron chi connectivity index (χ1n) is 11.9. The molecule has 0 aliphatic rings. The normalized spacial score (nSPS) is 11.1. The van der Waals surface area contributed by atoms with Crippen molar-refractivity contribution in [2.45, 2.75) is 115 Å². The quantitative estimate of drug-likeness (QED) is 0.147. The van der Waals surface area contributed by atoms with Gasteiger partial charge in [0.15, 0.2) is 0 Å². The second-order valence-electron chi connectivity index (χ2n) is 8.30. The van der Waals surface area contributed by atoms with E-state index in [0.717, 1.165) is 19.3 Å². The first-order valence-corrected chi connectivity index (χ1v) is 13.3. The van der Waals surface area contributed by atoms with Crippen molar-refractivity contribution in [3.63, 3.8) is 0 Å². The van der Waals surface area contributed by atoms with Gasteiger partial charge in [-0.15, -0.1) is 0 Å². The second-order valence-corrected chi connectivity index (χ2v) is 9.98. The molecule has 0 bridgehead atoms. The summed E-state index contributed by atoms with van der Waals surface area (Å²) in [5.74, 6) is -0.443. The zero-order valence-corrected chi connectivity index (χ0v) is 21.8. The minimum atomic E-state index is -3.80. The SMILES string of the molecule is CCCCCCCCCCCCCCCCCC(=O)NS(=O)(=O)c1ccc(N)cc1.P. The molecule has 7 heteroatoms. The number of benzene rings is 1. The molecule has 1 atom stereocenters. The second kappa shape index (κ2) is 18.4. The molecule has 0 spiro atoms. The number of nitrogens with one attached hydrogen (secondary N) is 1. The molecule has 1 aromatic rings. The Hall–Kier alpha value is -1.13. The maximum atomic E-state index is 12.1. The summed E-state index contributed by atoms with van der Waals surface area (Å²) in [5.41, 5.74) is 6.04. The Labute approximate surface area is 194 Å². The van der Waals surface area contributed by atoms with E-state index < -0.39 is 15.9 Å². The highest BCUT2D eigenvalue weighted by molar-refractivity contribution is 7.90. The van der Waals surface area contributed by atoms with Gasteiger partial charge in [0.05, 0.1) is 4.90 Å². The van der Waals surface area contributed by atoms with Crippen molar-refractivity contribution in [2.24, 2.45) is 0 Å². The number of rotatable bonds is 18. The van der Waals surface area contributed by atoms with Crippen LogP contribution in [0.2, 0.25) is 0 Å². The van der Waals surface area contributed by atoms with E-state index in [1.54, 1.807) is 0 Å². The number of carbonyl (C=O) groups is 1. The zero-order chi connectivity index (χ0) is 22.1. The molecule has 180 valence electrons. The Morgan fingerprint density at radius 2 is 1.13 bits per heavy atom. The molecular weight excluding hydrogens is 427 g/mol. The van der Waals surface area contributed by atoms with Crippen molar-refractivity contribution >= 4 is 31.5 Å². The number of hydrogen-bond donors (Lipinski definition) is 2. The summed E-state index contributed by atoms with van der Waals surface area (Å²) in [5, 5.41) is 0. The molecule has 0 radical (unpaired) electrons. The van der Waals surface area contributed by atoms with E-state index in [-0.39, 0.29) is 21.2 Å². The Kier molecular flexibility index (Phi) is 17.8. The molecule has 0 aliphatic carbocycles. The number of nitrogens with two attached hydrogens (primary N) is 1. The monoisotopic (exact) mass is 472 g/mol. The van der Waals surface area contributed by atoms with Gasteiger partial charge >= 0.3 is 0 Å². The lowest BCUT2D eigenvalue weighted by Crippen LogP contribution is -2.30. The topological polar surface area (TPSA) is 89.3 Å². The van der Waals surface area contributed by atoms with Crippen LogP contribution in [-0.2, 0) is 14.8 Å². The van der Waals surface area contributed by atoms with Gasteiger partial charge in [-0.3, -0.25) is 4.79 Å². The number of carbonyl (C=O) groups excluding carboxylic acids is 1. The number of sulfonamides is 1. The van der Waals surface area contributed by atoms with Gasteiger partial charge in [0.1, 0.15) is 0 Å². The first-order chi connectivity index (χ1) is 14.5. The molecule has 1 amide bonds. The largest absolute Gasteiger partial charge is 0.399 e. The van der Waals surface area contributed by atoms with Gasteiger partial charge in [0, 0.05) is 12.1 Å². The highest BCUT2D eigenvalue weighted by Crippen LogP contribution is 2.14. The smallest absolute Gasteiger partial charge is 0.264 e. The van der Waals surface area contributed by atoms with E-state index in [1.807, 2.05) is 0 Å². The number of hydrogen-bond acceptors (Lipinski definition) is 4. The third-order valence-corrected chi connectivity index (χ3v) is 6.84. The van der Waals surface area contributed by atoms with Crippen LogP contribution < -0.4 is 10.5 Å². The van der Waals surface area contributed by atoms with E-state index in [9.17, 15) is 13.2 Å². The maximum Gasteiger partial charge on any atom is 0.264 e.